The first kappa shape index (κ1) is 11.7. The lowest BCUT2D eigenvalue weighted by Crippen LogP contribution is -2.15. The second kappa shape index (κ2) is 4.27. The molecule has 1 aromatic carbocycles. The van der Waals surface area contributed by atoms with E-state index < -0.39 is 10.0 Å². The number of nitrogens with zero attached hydrogens (tertiary/aromatic N) is 1. The molecule has 0 aliphatic carbocycles. The number of sulfonamides is 1. The largest absolute Gasteiger partial charge is 0.398 e. The van der Waals surface area contributed by atoms with Crippen molar-refractivity contribution >= 4 is 33.0 Å². The SMILES string of the molecule is Nc1cccc(Cl)c1S(=O)(=O)Nc1cn[nH]c1. The van der Waals surface area contributed by atoms with Gasteiger partial charge < -0.3 is 5.73 Å². The molecular formula is C9H9ClN4O2S. The maximum absolute atomic E-state index is 12.0. The molecule has 2 rings (SSSR count). The number of nitrogens with two attached hydrogens (primary N) is 1. The van der Waals surface area contributed by atoms with Crippen LogP contribution in [0.25, 0.3) is 0 Å². The van der Waals surface area contributed by atoms with Gasteiger partial charge in [-0.1, -0.05) is 17.7 Å². The van der Waals surface area contributed by atoms with Crippen LogP contribution < -0.4 is 10.5 Å². The highest BCUT2D eigenvalue weighted by molar-refractivity contribution is 7.93. The molecule has 0 fully saturated rings. The summed E-state index contributed by atoms with van der Waals surface area (Å²) < 4.78 is 26.4. The van der Waals surface area contributed by atoms with Gasteiger partial charge in [0.1, 0.15) is 4.90 Å². The third kappa shape index (κ3) is 2.34. The number of rotatable bonds is 3. The topological polar surface area (TPSA) is 101 Å². The molecule has 0 amide bonds. The standard InChI is InChI=1S/C9H9ClN4O2S/c10-7-2-1-3-8(11)9(7)17(15,16)14-6-4-12-13-5-6/h1-5,14H,11H2,(H,12,13). The molecule has 90 valence electrons. The van der Waals surface area contributed by atoms with Gasteiger partial charge in [0.15, 0.2) is 0 Å². The van der Waals surface area contributed by atoms with Crippen LogP contribution in [0.1, 0.15) is 0 Å². The van der Waals surface area contributed by atoms with Crippen LogP contribution in [0.4, 0.5) is 11.4 Å². The fourth-order valence-corrected chi connectivity index (χ4v) is 3.04. The molecule has 4 N–H and O–H groups in total. The van der Waals surface area contributed by atoms with Crippen LogP contribution in [0.2, 0.25) is 5.02 Å². The van der Waals surface area contributed by atoms with E-state index in [0.717, 1.165) is 0 Å². The zero-order valence-electron chi connectivity index (χ0n) is 8.51. The van der Waals surface area contributed by atoms with Gasteiger partial charge in [0.25, 0.3) is 10.0 Å². The molecule has 8 heteroatoms. The second-order valence-electron chi connectivity index (χ2n) is 3.25. The summed E-state index contributed by atoms with van der Waals surface area (Å²) in [6, 6.07) is 4.51. The Morgan fingerprint density at radius 3 is 2.76 bits per heavy atom. The Balaban J connectivity index is 2.45. The van der Waals surface area contributed by atoms with E-state index in [1.807, 2.05) is 0 Å². The number of nitrogen functional groups attached to an aromatic ring is 1. The molecular weight excluding hydrogens is 264 g/mol. The highest BCUT2D eigenvalue weighted by Crippen LogP contribution is 2.28. The van der Waals surface area contributed by atoms with Crippen LogP contribution >= 0.6 is 11.6 Å². The fraction of sp³-hybridized carbons (Fsp3) is 0. The van der Waals surface area contributed by atoms with Crippen molar-refractivity contribution in [3.05, 3.63) is 35.6 Å². The minimum absolute atomic E-state index is 0.0704. The molecule has 0 saturated carbocycles. The molecule has 0 spiro atoms. The number of aromatic nitrogens is 2. The zero-order chi connectivity index (χ0) is 12.5. The van der Waals surface area contributed by atoms with Crippen molar-refractivity contribution in [2.45, 2.75) is 4.90 Å². The summed E-state index contributed by atoms with van der Waals surface area (Å²) in [6.07, 6.45) is 2.75. The summed E-state index contributed by atoms with van der Waals surface area (Å²) in [5.74, 6) is 0. The van der Waals surface area contributed by atoms with E-state index >= 15 is 0 Å². The Bertz CT molecular complexity index is 604. The molecule has 0 aliphatic rings. The van der Waals surface area contributed by atoms with Crippen molar-refractivity contribution in [2.75, 3.05) is 10.5 Å². The Labute approximate surface area is 103 Å². The molecule has 2 aromatic rings. The van der Waals surface area contributed by atoms with Crippen molar-refractivity contribution < 1.29 is 8.42 Å². The van der Waals surface area contributed by atoms with Crippen LogP contribution in [-0.4, -0.2) is 18.6 Å². The first-order chi connectivity index (χ1) is 8.00. The van der Waals surface area contributed by atoms with Crippen molar-refractivity contribution in [3.8, 4) is 0 Å². The molecule has 0 saturated heterocycles. The van der Waals surface area contributed by atoms with Crippen LogP contribution in [0.5, 0.6) is 0 Å². The molecule has 17 heavy (non-hydrogen) atoms. The lowest BCUT2D eigenvalue weighted by molar-refractivity contribution is 0.601. The van der Waals surface area contributed by atoms with E-state index in [1.54, 1.807) is 6.07 Å². The van der Waals surface area contributed by atoms with Crippen molar-refractivity contribution in [1.82, 2.24) is 10.2 Å². The van der Waals surface area contributed by atoms with Crippen molar-refractivity contribution in [1.29, 1.82) is 0 Å². The van der Waals surface area contributed by atoms with Gasteiger partial charge in [-0.3, -0.25) is 9.82 Å². The minimum atomic E-state index is -3.81. The number of anilines is 2. The van der Waals surface area contributed by atoms with E-state index in [2.05, 4.69) is 14.9 Å². The van der Waals surface area contributed by atoms with Gasteiger partial charge in [0, 0.05) is 6.20 Å². The Morgan fingerprint density at radius 2 is 2.18 bits per heavy atom. The van der Waals surface area contributed by atoms with Gasteiger partial charge in [-0.2, -0.15) is 5.10 Å². The summed E-state index contributed by atoms with van der Waals surface area (Å²) in [5, 5.41) is 6.19. The fourth-order valence-electron chi connectivity index (χ4n) is 1.32. The molecule has 0 bridgehead atoms. The quantitative estimate of drug-likeness (QED) is 0.736. The zero-order valence-corrected chi connectivity index (χ0v) is 10.1. The van der Waals surface area contributed by atoms with E-state index in [-0.39, 0.29) is 15.6 Å². The number of aromatic amines is 1. The average Bonchev–Trinajstić information content (AvgIpc) is 2.68. The van der Waals surface area contributed by atoms with Gasteiger partial charge >= 0.3 is 0 Å². The van der Waals surface area contributed by atoms with Gasteiger partial charge in [-0.25, -0.2) is 8.42 Å². The number of hydrogen-bond acceptors (Lipinski definition) is 4. The second-order valence-corrected chi connectivity index (χ2v) is 5.28. The van der Waals surface area contributed by atoms with E-state index in [4.69, 9.17) is 17.3 Å². The molecule has 0 atom stereocenters. The Morgan fingerprint density at radius 1 is 1.41 bits per heavy atom. The van der Waals surface area contributed by atoms with Gasteiger partial charge in [-0.15, -0.1) is 0 Å². The van der Waals surface area contributed by atoms with Gasteiger partial charge in [0.2, 0.25) is 0 Å². The van der Waals surface area contributed by atoms with Gasteiger partial charge in [-0.05, 0) is 12.1 Å². The number of hydrogen-bond donors (Lipinski definition) is 3. The Kier molecular flexibility index (Phi) is 2.95. The predicted octanol–water partition coefficient (Wildman–Crippen LogP) is 1.45. The first-order valence-electron chi connectivity index (χ1n) is 4.56. The van der Waals surface area contributed by atoms with E-state index in [9.17, 15) is 8.42 Å². The van der Waals surface area contributed by atoms with Gasteiger partial charge in [0.05, 0.1) is 22.6 Å². The van der Waals surface area contributed by atoms with Crippen LogP contribution in [0.3, 0.4) is 0 Å². The lowest BCUT2D eigenvalue weighted by atomic mass is 10.3. The molecule has 6 nitrogen and oxygen atoms in total. The third-order valence-corrected chi connectivity index (χ3v) is 3.94. The molecule has 1 heterocycles. The maximum atomic E-state index is 12.0. The molecule has 0 unspecified atom stereocenters. The van der Waals surface area contributed by atoms with Crippen LogP contribution in [0.15, 0.2) is 35.5 Å². The summed E-state index contributed by atoms with van der Waals surface area (Å²) in [7, 11) is -3.81. The summed E-state index contributed by atoms with van der Waals surface area (Å²) in [6.45, 7) is 0. The highest BCUT2D eigenvalue weighted by Gasteiger charge is 2.21. The van der Waals surface area contributed by atoms with Crippen molar-refractivity contribution in [2.24, 2.45) is 0 Å². The van der Waals surface area contributed by atoms with E-state index in [0.29, 0.717) is 5.69 Å². The summed E-state index contributed by atoms with van der Waals surface area (Å²) in [4.78, 5) is -0.136. The molecule has 0 radical (unpaired) electrons. The monoisotopic (exact) mass is 272 g/mol. The number of nitrogens with one attached hydrogen (secondary N) is 2. The number of benzene rings is 1. The van der Waals surface area contributed by atoms with Crippen LogP contribution in [-0.2, 0) is 10.0 Å². The molecule has 1 aromatic heterocycles. The summed E-state index contributed by atoms with van der Waals surface area (Å²) in [5.41, 5.74) is 6.01. The summed E-state index contributed by atoms with van der Waals surface area (Å²) >= 11 is 5.83. The first-order valence-corrected chi connectivity index (χ1v) is 6.42. The minimum Gasteiger partial charge on any atom is -0.398 e. The maximum Gasteiger partial charge on any atom is 0.265 e. The average molecular weight is 273 g/mol. The van der Waals surface area contributed by atoms with Crippen LogP contribution in [0, 0.1) is 0 Å². The predicted molar refractivity (Wildman–Crippen MR) is 65.3 cm³/mol. The van der Waals surface area contributed by atoms with E-state index in [1.165, 1.54) is 24.5 Å². The smallest absolute Gasteiger partial charge is 0.265 e. The van der Waals surface area contributed by atoms with Crippen molar-refractivity contribution in [3.63, 3.8) is 0 Å². The Hall–Kier alpha value is -1.73. The normalized spacial score (nSPS) is 11.4. The lowest BCUT2D eigenvalue weighted by Gasteiger charge is -2.09. The highest BCUT2D eigenvalue weighted by atomic mass is 35.5. The molecule has 0 aliphatic heterocycles. The number of halogens is 1. The number of H-pyrrole nitrogens is 1. The third-order valence-electron chi connectivity index (χ3n) is 2.02.